The maximum Gasteiger partial charge on any atom is 0.471 e. The summed E-state index contributed by atoms with van der Waals surface area (Å²) in [6, 6.07) is 5.26. The normalized spacial score (nSPS) is 11.5. The van der Waals surface area contributed by atoms with Crippen LogP contribution in [0.3, 0.4) is 0 Å². The predicted octanol–water partition coefficient (Wildman–Crippen LogP) is 3.86. The third kappa shape index (κ3) is 4.37. The van der Waals surface area contributed by atoms with Crippen molar-refractivity contribution in [3.8, 4) is 0 Å². The Hall–Kier alpha value is -2.84. The molecule has 1 aromatic heterocycles. The van der Waals surface area contributed by atoms with Crippen molar-refractivity contribution in [3.05, 3.63) is 41.3 Å². The predicted molar refractivity (Wildman–Crippen MR) is 84.4 cm³/mol. The smallest absolute Gasteiger partial charge is 0.360 e. The van der Waals surface area contributed by atoms with Crippen LogP contribution in [0.5, 0.6) is 0 Å². The summed E-state index contributed by atoms with van der Waals surface area (Å²) in [5, 5.41) is 8.12. The van der Waals surface area contributed by atoms with Crippen molar-refractivity contribution in [3.63, 3.8) is 0 Å². The zero-order valence-corrected chi connectivity index (χ0v) is 13.7. The van der Waals surface area contributed by atoms with E-state index < -0.39 is 18.0 Å². The molecule has 2 amide bonds. The number of amides is 2. The van der Waals surface area contributed by atoms with Gasteiger partial charge in [0.1, 0.15) is 5.56 Å². The molecule has 0 aliphatic carbocycles. The van der Waals surface area contributed by atoms with Crippen LogP contribution in [-0.2, 0) is 4.79 Å². The molecule has 0 fully saturated rings. The first-order valence-electron chi connectivity index (χ1n) is 7.35. The van der Waals surface area contributed by atoms with E-state index in [2.05, 4.69) is 10.5 Å². The second-order valence-electron chi connectivity index (χ2n) is 5.65. The highest BCUT2D eigenvalue weighted by molar-refractivity contribution is 6.06. The van der Waals surface area contributed by atoms with Crippen LogP contribution in [0.15, 0.2) is 28.8 Å². The molecular formula is C16H16F3N3O3. The van der Waals surface area contributed by atoms with Gasteiger partial charge in [-0.1, -0.05) is 19.0 Å². The third-order valence-corrected chi connectivity index (χ3v) is 3.30. The Morgan fingerprint density at radius 1 is 1.08 bits per heavy atom. The van der Waals surface area contributed by atoms with E-state index in [1.807, 2.05) is 13.8 Å². The lowest BCUT2D eigenvalue weighted by Gasteiger charge is -2.10. The van der Waals surface area contributed by atoms with Crippen LogP contribution in [0.2, 0.25) is 0 Å². The van der Waals surface area contributed by atoms with Gasteiger partial charge in [0.15, 0.2) is 5.76 Å². The first kappa shape index (κ1) is 18.5. The van der Waals surface area contributed by atoms with Gasteiger partial charge >= 0.3 is 12.1 Å². The Balaban J connectivity index is 2.10. The van der Waals surface area contributed by atoms with Crippen molar-refractivity contribution >= 4 is 23.2 Å². The fraction of sp³-hybridized carbons (Fsp3) is 0.312. The van der Waals surface area contributed by atoms with Crippen LogP contribution < -0.4 is 10.6 Å². The maximum absolute atomic E-state index is 12.4. The van der Waals surface area contributed by atoms with E-state index in [0.717, 1.165) is 0 Å². The highest BCUT2D eigenvalue weighted by Gasteiger charge is 2.38. The van der Waals surface area contributed by atoms with E-state index in [9.17, 15) is 22.8 Å². The zero-order valence-electron chi connectivity index (χ0n) is 13.7. The summed E-state index contributed by atoms with van der Waals surface area (Å²) < 4.78 is 41.7. The van der Waals surface area contributed by atoms with Gasteiger partial charge < -0.3 is 15.2 Å². The number of aryl methyl sites for hydroxylation is 1. The first-order valence-corrected chi connectivity index (χ1v) is 7.35. The second kappa shape index (κ2) is 6.96. The molecule has 1 aromatic carbocycles. The van der Waals surface area contributed by atoms with E-state index >= 15 is 0 Å². The second-order valence-corrected chi connectivity index (χ2v) is 5.65. The number of rotatable bonds is 4. The largest absolute Gasteiger partial charge is 0.471 e. The minimum atomic E-state index is -4.97. The van der Waals surface area contributed by atoms with Gasteiger partial charge in [-0.15, -0.1) is 0 Å². The van der Waals surface area contributed by atoms with Gasteiger partial charge in [-0.25, -0.2) is 0 Å². The van der Waals surface area contributed by atoms with Gasteiger partial charge in [-0.05, 0) is 31.2 Å². The summed E-state index contributed by atoms with van der Waals surface area (Å²) in [7, 11) is 0. The molecule has 0 saturated heterocycles. The molecule has 1 heterocycles. The van der Waals surface area contributed by atoms with E-state index in [0.29, 0.717) is 22.7 Å². The van der Waals surface area contributed by atoms with Crippen molar-refractivity contribution in [1.29, 1.82) is 0 Å². The lowest BCUT2D eigenvalue weighted by atomic mass is 10.0. The van der Waals surface area contributed by atoms with Gasteiger partial charge in [0.2, 0.25) is 0 Å². The quantitative estimate of drug-likeness (QED) is 0.872. The van der Waals surface area contributed by atoms with Crippen LogP contribution in [0, 0.1) is 6.92 Å². The molecule has 2 aromatic rings. The maximum atomic E-state index is 12.4. The van der Waals surface area contributed by atoms with Gasteiger partial charge in [-0.3, -0.25) is 9.59 Å². The molecule has 134 valence electrons. The highest BCUT2D eigenvalue weighted by atomic mass is 19.4. The number of halogens is 3. The number of nitrogens with one attached hydrogen (secondary N) is 2. The average molecular weight is 355 g/mol. The summed E-state index contributed by atoms with van der Waals surface area (Å²) in [6.45, 7) is 5.35. The van der Waals surface area contributed by atoms with Crippen LogP contribution in [0.25, 0.3) is 0 Å². The summed E-state index contributed by atoms with van der Waals surface area (Å²) >= 11 is 0. The Morgan fingerprint density at radius 3 is 2.08 bits per heavy atom. The Bertz CT molecular complexity index is 780. The zero-order chi connectivity index (χ0) is 18.8. The van der Waals surface area contributed by atoms with Gasteiger partial charge in [0, 0.05) is 17.3 Å². The fourth-order valence-corrected chi connectivity index (χ4v) is 2.09. The molecule has 9 heteroatoms. The van der Waals surface area contributed by atoms with Crippen LogP contribution in [-0.4, -0.2) is 23.1 Å². The number of anilines is 2. The number of alkyl halides is 3. The molecule has 25 heavy (non-hydrogen) atoms. The van der Waals surface area contributed by atoms with Gasteiger partial charge in [-0.2, -0.15) is 13.2 Å². The molecule has 0 spiro atoms. The van der Waals surface area contributed by atoms with Crippen LogP contribution in [0.4, 0.5) is 24.5 Å². The summed E-state index contributed by atoms with van der Waals surface area (Å²) in [5.41, 5.74) is 1.08. The van der Waals surface area contributed by atoms with Crippen molar-refractivity contribution in [2.75, 3.05) is 10.6 Å². The molecule has 0 saturated carbocycles. The van der Waals surface area contributed by atoms with Crippen molar-refractivity contribution in [2.45, 2.75) is 32.9 Å². The van der Waals surface area contributed by atoms with Crippen LogP contribution >= 0.6 is 0 Å². The van der Waals surface area contributed by atoms with E-state index in [1.54, 1.807) is 12.2 Å². The molecule has 0 radical (unpaired) electrons. The lowest BCUT2D eigenvalue weighted by molar-refractivity contribution is -0.167. The lowest BCUT2D eigenvalue weighted by Crippen LogP contribution is -2.29. The van der Waals surface area contributed by atoms with Crippen molar-refractivity contribution in [2.24, 2.45) is 0 Å². The molecule has 2 N–H and O–H groups in total. The number of benzene rings is 1. The summed E-state index contributed by atoms with van der Waals surface area (Å²) in [4.78, 5) is 23.3. The minimum Gasteiger partial charge on any atom is -0.360 e. The molecule has 2 rings (SSSR count). The first-order chi connectivity index (χ1) is 11.6. The number of nitrogens with zero attached hydrogens (tertiary/aromatic N) is 1. The topological polar surface area (TPSA) is 84.2 Å². The molecule has 0 atom stereocenters. The van der Waals surface area contributed by atoms with Gasteiger partial charge in [0.05, 0.1) is 5.69 Å². The number of carbonyl (C=O) groups is 2. The highest BCUT2D eigenvalue weighted by Crippen LogP contribution is 2.24. The van der Waals surface area contributed by atoms with Crippen LogP contribution in [0.1, 0.15) is 41.6 Å². The van der Waals surface area contributed by atoms with E-state index in [1.165, 1.54) is 24.3 Å². The number of aromatic nitrogens is 1. The van der Waals surface area contributed by atoms with Crippen molar-refractivity contribution < 1.29 is 27.3 Å². The summed E-state index contributed by atoms with van der Waals surface area (Å²) in [6.07, 6.45) is -4.97. The molecule has 0 aliphatic rings. The number of carbonyl (C=O) groups excluding carboxylic acids is 2. The monoisotopic (exact) mass is 355 g/mol. The van der Waals surface area contributed by atoms with E-state index in [4.69, 9.17) is 4.52 Å². The van der Waals surface area contributed by atoms with Crippen molar-refractivity contribution in [1.82, 2.24) is 5.16 Å². The average Bonchev–Trinajstić information content (AvgIpc) is 2.90. The Kier molecular flexibility index (Phi) is 5.15. The molecule has 0 aliphatic heterocycles. The SMILES string of the molecule is Cc1noc(C(C)C)c1C(=O)Nc1ccc(NC(=O)C(F)(F)F)cc1. The third-order valence-electron chi connectivity index (χ3n) is 3.30. The van der Waals surface area contributed by atoms with Gasteiger partial charge in [0.25, 0.3) is 5.91 Å². The molecule has 6 nitrogen and oxygen atoms in total. The Morgan fingerprint density at radius 2 is 1.60 bits per heavy atom. The number of hydrogen-bond acceptors (Lipinski definition) is 4. The van der Waals surface area contributed by atoms with E-state index in [-0.39, 0.29) is 11.6 Å². The molecular weight excluding hydrogens is 339 g/mol. The molecule has 0 bridgehead atoms. The Labute approximate surface area is 141 Å². The standard InChI is InChI=1S/C16H16F3N3O3/c1-8(2)13-12(9(3)22-25-13)14(23)20-10-4-6-11(7-5-10)21-15(24)16(17,18)19/h4-8H,1-3H3,(H,20,23)(H,21,24). The summed E-state index contributed by atoms with van der Waals surface area (Å²) in [5.74, 6) is -2.09. The minimum absolute atomic E-state index is 0.0376. The fourth-order valence-electron chi connectivity index (χ4n) is 2.09. The molecule has 0 unspecified atom stereocenters. The number of hydrogen-bond donors (Lipinski definition) is 2.